The lowest BCUT2D eigenvalue weighted by molar-refractivity contribution is -0.121. The van der Waals surface area contributed by atoms with Gasteiger partial charge < -0.3 is 10.2 Å². The Balaban J connectivity index is 1.78. The maximum Gasteiger partial charge on any atom is 0.257 e. The minimum absolute atomic E-state index is 0.185. The van der Waals surface area contributed by atoms with Crippen molar-refractivity contribution in [2.75, 3.05) is 11.9 Å². The molecule has 0 saturated carbocycles. The van der Waals surface area contributed by atoms with Crippen LogP contribution >= 0.6 is 23.2 Å². The van der Waals surface area contributed by atoms with Gasteiger partial charge in [-0.1, -0.05) is 23.2 Å². The van der Waals surface area contributed by atoms with Crippen LogP contribution in [0.5, 0.6) is 0 Å². The van der Waals surface area contributed by atoms with E-state index in [-0.39, 0.29) is 11.8 Å². The third kappa shape index (κ3) is 3.96. The van der Waals surface area contributed by atoms with Crippen LogP contribution in [0.25, 0.3) is 0 Å². The molecule has 1 aliphatic heterocycles. The molecule has 25 heavy (non-hydrogen) atoms. The monoisotopic (exact) mass is 380 g/mol. The van der Waals surface area contributed by atoms with Crippen molar-refractivity contribution in [3.63, 3.8) is 0 Å². The zero-order valence-corrected chi connectivity index (χ0v) is 15.2. The van der Waals surface area contributed by atoms with Crippen molar-refractivity contribution in [1.82, 2.24) is 14.7 Å². The summed E-state index contributed by atoms with van der Waals surface area (Å²) in [5, 5.41) is 7.69. The number of benzene rings is 1. The molecule has 2 heterocycles. The highest BCUT2D eigenvalue weighted by Gasteiger charge is 2.33. The fraction of sp³-hybridized carbons (Fsp3) is 0.353. The smallest absolute Gasteiger partial charge is 0.257 e. The molecule has 1 N–H and O–H groups in total. The molecular weight excluding hydrogens is 363 g/mol. The van der Waals surface area contributed by atoms with Gasteiger partial charge in [0.25, 0.3) is 5.91 Å². The van der Waals surface area contributed by atoms with Gasteiger partial charge in [-0.15, -0.1) is 0 Å². The van der Waals surface area contributed by atoms with E-state index in [1.807, 2.05) is 0 Å². The number of halogens is 2. The second-order valence-corrected chi connectivity index (χ2v) is 6.87. The normalized spacial score (nSPS) is 17.4. The van der Waals surface area contributed by atoms with Crippen molar-refractivity contribution >= 4 is 40.7 Å². The van der Waals surface area contributed by atoms with Crippen LogP contribution in [-0.2, 0) is 11.8 Å². The number of likely N-dealkylation sites (tertiary alicyclic amines) is 1. The van der Waals surface area contributed by atoms with E-state index in [2.05, 4.69) is 10.4 Å². The Morgan fingerprint density at radius 3 is 2.76 bits per heavy atom. The number of hydrogen-bond donors (Lipinski definition) is 1. The molecule has 1 aromatic carbocycles. The summed E-state index contributed by atoms with van der Waals surface area (Å²) in [5.74, 6) is -0.434. The van der Waals surface area contributed by atoms with Crippen LogP contribution < -0.4 is 5.32 Å². The van der Waals surface area contributed by atoms with Crippen LogP contribution in [0.2, 0.25) is 10.0 Å². The number of carbonyl (C=O) groups excluding carboxylic acids is 2. The lowest BCUT2D eigenvalue weighted by Crippen LogP contribution is -2.50. The van der Waals surface area contributed by atoms with Crippen LogP contribution in [0.3, 0.4) is 0 Å². The maximum absolute atomic E-state index is 12.7. The molecule has 0 bridgehead atoms. The predicted octanol–water partition coefficient (Wildman–Crippen LogP) is 3.36. The zero-order chi connectivity index (χ0) is 18.0. The first-order valence-corrected chi connectivity index (χ1v) is 8.77. The number of carbonyl (C=O) groups is 2. The largest absolute Gasteiger partial charge is 0.327 e. The Labute approximate surface area is 155 Å². The summed E-state index contributed by atoms with van der Waals surface area (Å²) in [5.41, 5.74) is 0.960. The first kappa shape index (κ1) is 17.8. The van der Waals surface area contributed by atoms with E-state index in [1.165, 1.54) is 6.20 Å². The Bertz CT molecular complexity index is 806. The number of amides is 2. The van der Waals surface area contributed by atoms with Crippen molar-refractivity contribution in [2.24, 2.45) is 7.05 Å². The van der Waals surface area contributed by atoms with E-state index in [0.717, 1.165) is 12.8 Å². The molecule has 1 atom stereocenters. The standard InChI is InChI=1S/C17H18Cl2N4O2/c1-22-10-11(9-20-22)17(25)23-7-3-2-4-15(23)16(24)21-14-6-5-12(18)8-13(14)19/h5-6,8-10,15H,2-4,7H2,1H3,(H,21,24). The molecule has 1 aliphatic rings. The molecule has 1 unspecified atom stereocenters. The fourth-order valence-corrected chi connectivity index (χ4v) is 3.41. The molecule has 1 fully saturated rings. The summed E-state index contributed by atoms with van der Waals surface area (Å²) in [6.07, 6.45) is 5.55. The number of aromatic nitrogens is 2. The summed E-state index contributed by atoms with van der Waals surface area (Å²) in [6, 6.07) is 4.34. The summed E-state index contributed by atoms with van der Waals surface area (Å²) in [7, 11) is 1.75. The van der Waals surface area contributed by atoms with Gasteiger partial charge in [0.15, 0.2) is 0 Å². The van der Waals surface area contributed by atoms with Crippen LogP contribution in [0.15, 0.2) is 30.6 Å². The average molecular weight is 381 g/mol. The molecule has 3 rings (SSSR count). The molecule has 8 heteroatoms. The van der Waals surface area contributed by atoms with Gasteiger partial charge in [-0.05, 0) is 37.5 Å². The van der Waals surface area contributed by atoms with Gasteiger partial charge >= 0.3 is 0 Å². The lowest BCUT2D eigenvalue weighted by atomic mass is 10.0. The average Bonchev–Trinajstić information content (AvgIpc) is 3.03. The maximum atomic E-state index is 12.7. The lowest BCUT2D eigenvalue weighted by Gasteiger charge is -2.34. The quantitative estimate of drug-likeness (QED) is 0.887. The third-order valence-corrected chi connectivity index (χ3v) is 4.75. The number of nitrogens with zero attached hydrogens (tertiary/aromatic N) is 3. The first-order valence-electron chi connectivity index (χ1n) is 8.01. The second-order valence-electron chi connectivity index (χ2n) is 6.03. The molecule has 0 radical (unpaired) electrons. The first-order chi connectivity index (χ1) is 12.0. The van der Waals surface area contributed by atoms with Gasteiger partial charge in [0.1, 0.15) is 6.04 Å². The van der Waals surface area contributed by atoms with Gasteiger partial charge in [-0.25, -0.2) is 0 Å². The number of anilines is 1. The minimum Gasteiger partial charge on any atom is -0.327 e. The molecule has 2 aromatic rings. The van der Waals surface area contributed by atoms with Crippen LogP contribution in [0.4, 0.5) is 5.69 Å². The van der Waals surface area contributed by atoms with Gasteiger partial charge in [-0.3, -0.25) is 14.3 Å². The highest BCUT2D eigenvalue weighted by molar-refractivity contribution is 6.36. The van der Waals surface area contributed by atoms with Crippen LogP contribution in [-0.4, -0.2) is 39.1 Å². The molecule has 132 valence electrons. The van der Waals surface area contributed by atoms with E-state index >= 15 is 0 Å². The van der Waals surface area contributed by atoms with E-state index in [0.29, 0.717) is 34.3 Å². The predicted molar refractivity (Wildman–Crippen MR) is 97.0 cm³/mol. The molecule has 6 nitrogen and oxygen atoms in total. The van der Waals surface area contributed by atoms with Crippen molar-refractivity contribution in [1.29, 1.82) is 0 Å². The SMILES string of the molecule is Cn1cc(C(=O)N2CCCCC2C(=O)Nc2ccc(Cl)cc2Cl)cn1. The summed E-state index contributed by atoms with van der Waals surface area (Å²) in [4.78, 5) is 27.1. The van der Waals surface area contributed by atoms with E-state index in [1.54, 1.807) is 41.0 Å². The number of rotatable bonds is 3. The Kier molecular flexibility index (Phi) is 5.30. The van der Waals surface area contributed by atoms with Crippen LogP contribution in [0.1, 0.15) is 29.6 Å². The Morgan fingerprint density at radius 2 is 2.08 bits per heavy atom. The summed E-state index contributed by atoms with van der Waals surface area (Å²) >= 11 is 12.0. The number of piperidine rings is 1. The fourth-order valence-electron chi connectivity index (χ4n) is 2.95. The number of aryl methyl sites for hydroxylation is 1. The summed E-state index contributed by atoms with van der Waals surface area (Å²) < 4.78 is 1.57. The molecular formula is C17H18Cl2N4O2. The number of nitrogens with one attached hydrogen (secondary N) is 1. The molecule has 0 aliphatic carbocycles. The highest BCUT2D eigenvalue weighted by Crippen LogP contribution is 2.27. The zero-order valence-electron chi connectivity index (χ0n) is 13.7. The Morgan fingerprint density at radius 1 is 1.28 bits per heavy atom. The van der Waals surface area contributed by atoms with Crippen LogP contribution in [0, 0.1) is 0 Å². The highest BCUT2D eigenvalue weighted by atomic mass is 35.5. The minimum atomic E-state index is -0.534. The van der Waals surface area contributed by atoms with Gasteiger partial charge in [0.05, 0.1) is 22.5 Å². The van der Waals surface area contributed by atoms with Gasteiger partial charge in [0.2, 0.25) is 5.91 Å². The van der Waals surface area contributed by atoms with Gasteiger partial charge in [-0.2, -0.15) is 5.10 Å². The van der Waals surface area contributed by atoms with Crippen molar-refractivity contribution in [3.8, 4) is 0 Å². The second kappa shape index (κ2) is 7.45. The number of hydrogen-bond acceptors (Lipinski definition) is 3. The Hall–Kier alpha value is -2.05. The topological polar surface area (TPSA) is 67.2 Å². The molecule has 1 aromatic heterocycles. The van der Waals surface area contributed by atoms with E-state index < -0.39 is 6.04 Å². The molecule has 1 saturated heterocycles. The summed E-state index contributed by atoms with van der Waals surface area (Å²) in [6.45, 7) is 0.542. The van der Waals surface area contributed by atoms with E-state index in [9.17, 15) is 9.59 Å². The van der Waals surface area contributed by atoms with Crippen molar-refractivity contribution < 1.29 is 9.59 Å². The van der Waals surface area contributed by atoms with Crippen molar-refractivity contribution in [3.05, 3.63) is 46.2 Å². The third-order valence-electron chi connectivity index (χ3n) is 4.21. The molecule has 0 spiro atoms. The van der Waals surface area contributed by atoms with E-state index in [4.69, 9.17) is 23.2 Å². The van der Waals surface area contributed by atoms with Crippen molar-refractivity contribution in [2.45, 2.75) is 25.3 Å². The molecule has 2 amide bonds. The van der Waals surface area contributed by atoms with Gasteiger partial charge in [0, 0.05) is 24.8 Å².